The van der Waals surface area contributed by atoms with Crippen LogP contribution in [-0.4, -0.2) is 12.5 Å². The molecular weight excluding hydrogens is 321 g/mol. The van der Waals surface area contributed by atoms with Gasteiger partial charge in [-0.05, 0) is 45.6 Å². The van der Waals surface area contributed by atoms with E-state index < -0.39 is 0 Å². The van der Waals surface area contributed by atoms with Gasteiger partial charge in [0.2, 0.25) is 5.91 Å². The predicted molar refractivity (Wildman–Crippen MR) is 80.3 cm³/mol. The zero-order valence-electron chi connectivity index (χ0n) is 10.8. The lowest BCUT2D eigenvalue weighted by atomic mass is 10.1. The molecule has 102 valence electrons. The maximum absolute atomic E-state index is 13.9. The van der Waals surface area contributed by atoms with E-state index in [4.69, 9.17) is 0 Å². The van der Waals surface area contributed by atoms with Gasteiger partial charge >= 0.3 is 0 Å². The highest BCUT2D eigenvalue weighted by Gasteiger charge is 2.24. The van der Waals surface area contributed by atoms with Gasteiger partial charge in [0.25, 0.3) is 0 Å². The fourth-order valence-corrected chi connectivity index (χ4v) is 2.95. The molecule has 2 aromatic carbocycles. The van der Waals surface area contributed by atoms with Gasteiger partial charge in [-0.25, -0.2) is 4.39 Å². The fourth-order valence-electron chi connectivity index (χ4n) is 2.54. The van der Waals surface area contributed by atoms with Crippen LogP contribution in [0.3, 0.4) is 0 Å². The van der Waals surface area contributed by atoms with E-state index in [1.165, 1.54) is 5.56 Å². The van der Waals surface area contributed by atoms with Crippen LogP contribution in [0.1, 0.15) is 11.1 Å². The number of anilines is 1. The Morgan fingerprint density at radius 1 is 1.20 bits per heavy atom. The smallest absolute Gasteiger partial charge is 0.231 e. The van der Waals surface area contributed by atoms with Crippen LogP contribution in [0.4, 0.5) is 10.1 Å². The number of fused-ring (bicyclic) bond motifs is 1. The topological polar surface area (TPSA) is 20.3 Å². The summed E-state index contributed by atoms with van der Waals surface area (Å²) in [5.41, 5.74) is 2.55. The fraction of sp³-hybridized carbons (Fsp3) is 0.188. The van der Waals surface area contributed by atoms with E-state index in [1.807, 2.05) is 24.3 Å². The van der Waals surface area contributed by atoms with Gasteiger partial charge in [0.15, 0.2) is 0 Å². The van der Waals surface area contributed by atoms with Crippen LogP contribution >= 0.6 is 15.9 Å². The summed E-state index contributed by atoms with van der Waals surface area (Å²) in [5, 5.41) is 0. The van der Waals surface area contributed by atoms with Gasteiger partial charge in [-0.15, -0.1) is 0 Å². The van der Waals surface area contributed by atoms with Crippen molar-refractivity contribution in [2.75, 3.05) is 11.4 Å². The number of rotatable bonds is 2. The molecule has 0 fully saturated rings. The van der Waals surface area contributed by atoms with Gasteiger partial charge in [0.05, 0.1) is 10.9 Å². The third-order valence-electron chi connectivity index (χ3n) is 3.56. The van der Waals surface area contributed by atoms with Gasteiger partial charge in [0, 0.05) is 12.2 Å². The van der Waals surface area contributed by atoms with Crippen molar-refractivity contribution in [2.45, 2.75) is 12.8 Å². The average molecular weight is 334 g/mol. The summed E-state index contributed by atoms with van der Waals surface area (Å²) >= 11 is 3.15. The zero-order chi connectivity index (χ0) is 14.1. The lowest BCUT2D eigenvalue weighted by molar-refractivity contribution is -0.117. The minimum absolute atomic E-state index is 0.0630. The quantitative estimate of drug-likeness (QED) is 0.820. The monoisotopic (exact) mass is 333 g/mol. The second-order valence-electron chi connectivity index (χ2n) is 4.81. The Balaban J connectivity index is 1.83. The molecule has 2 nitrogen and oxygen atoms in total. The third kappa shape index (κ3) is 2.36. The highest BCUT2D eigenvalue weighted by molar-refractivity contribution is 9.10. The molecule has 0 saturated carbocycles. The summed E-state index contributed by atoms with van der Waals surface area (Å²) in [5.74, 6) is -0.416. The van der Waals surface area contributed by atoms with Gasteiger partial charge in [0.1, 0.15) is 5.82 Å². The molecule has 4 heteroatoms. The molecule has 0 unspecified atom stereocenters. The van der Waals surface area contributed by atoms with Gasteiger partial charge in [-0.1, -0.05) is 30.3 Å². The number of carbonyl (C=O) groups excluding carboxylic acids is 1. The Kier molecular flexibility index (Phi) is 3.57. The molecule has 1 aliphatic rings. The van der Waals surface area contributed by atoms with Crippen molar-refractivity contribution in [3.8, 4) is 0 Å². The van der Waals surface area contributed by atoms with E-state index in [-0.39, 0.29) is 18.1 Å². The van der Waals surface area contributed by atoms with E-state index in [1.54, 1.807) is 23.1 Å². The molecular formula is C16H13BrFNO. The first kappa shape index (κ1) is 13.3. The first-order valence-corrected chi connectivity index (χ1v) is 7.27. The van der Waals surface area contributed by atoms with Gasteiger partial charge < -0.3 is 4.90 Å². The number of para-hydroxylation sites is 1. The number of carbonyl (C=O) groups is 1. The number of hydrogen-bond donors (Lipinski definition) is 0. The molecule has 3 rings (SSSR count). The van der Waals surface area contributed by atoms with Gasteiger partial charge in [-0.3, -0.25) is 4.79 Å². The normalized spacial score (nSPS) is 13.4. The minimum atomic E-state index is -0.353. The Morgan fingerprint density at radius 2 is 2.00 bits per heavy atom. The Hall–Kier alpha value is -1.68. The second kappa shape index (κ2) is 5.37. The largest absolute Gasteiger partial charge is 0.312 e. The molecule has 0 radical (unpaired) electrons. The van der Waals surface area contributed by atoms with Crippen molar-refractivity contribution in [3.63, 3.8) is 0 Å². The summed E-state index contributed by atoms with van der Waals surface area (Å²) < 4.78 is 14.3. The van der Waals surface area contributed by atoms with Crippen molar-refractivity contribution < 1.29 is 9.18 Å². The molecule has 1 amide bonds. The second-order valence-corrected chi connectivity index (χ2v) is 5.67. The van der Waals surface area contributed by atoms with Crippen molar-refractivity contribution in [1.29, 1.82) is 0 Å². The highest BCUT2D eigenvalue weighted by atomic mass is 79.9. The molecule has 0 spiro atoms. The lowest BCUT2D eigenvalue weighted by Gasteiger charge is -2.17. The van der Waals surface area contributed by atoms with Crippen LogP contribution in [0.15, 0.2) is 46.9 Å². The lowest BCUT2D eigenvalue weighted by Crippen LogP contribution is -2.30. The van der Waals surface area contributed by atoms with E-state index in [0.717, 1.165) is 12.1 Å². The molecule has 0 aliphatic carbocycles. The zero-order valence-corrected chi connectivity index (χ0v) is 12.4. The molecule has 0 bridgehead atoms. The summed E-state index contributed by atoms with van der Waals surface area (Å²) in [6.45, 7) is 0.674. The van der Waals surface area contributed by atoms with Crippen LogP contribution < -0.4 is 4.90 Å². The number of amides is 1. The SMILES string of the molecule is O=C(Cc1cccc(Br)c1F)N1CCc2ccccc21. The Morgan fingerprint density at radius 3 is 2.85 bits per heavy atom. The van der Waals surface area contributed by atoms with E-state index in [9.17, 15) is 9.18 Å². The standard InChI is InChI=1S/C16H13BrFNO/c17-13-6-3-5-12(16(13)18)10-15(20)19-9-8-11-4-1-2-7-14(11)19/h1-7H,8-10H2. The molecule has 0 N–H and O–H groups in total. The summed E-state index contributed by atoms with van der Waals surface area (Å²) in [6, 6.07) is 12.9. The van der Waals surface area contributed by atoms with Crippen LogP contribution in [0.5, 0.6) is 0 Å². The minimum Gasteiger partial charge on any atom is -0.312 e. The molecule has 2 aromatic rings. The highest BCUT2D eigenvalue weighted by Crippen LogP contribution is 2.28. The van der Waals surface area contributed by atoms with E-state index in [2.05, 4.69) is 15.9 Å². The van der Waals surface area contributed by atoms with Crippen LogP contribution in [0, 0.1) is 5.82 Å². The molecule has 1 heterocycles. The van der Waals surface area contributed by atoms with Crippen molar-refractivity contribution in [1.82, 2.24) is 0 Å². The maximum Gasteiger partial charge on any atom is 0.231 e. The predicted octanol–water partition coefficient (Wildman–Crippen LogP) is 3.72. The molecule has 0 saturated heterocycles. The maximum atomic E-state index is 13.9. The van der Waals surface area contributed by atoms with Crippen molar-refractivity contribution >= 4 is 27.5 Å². The Bertz CT molecular complexity index is 671. The number of nitrogens with zero attached hydrogens (tertiary/aromatic N) is 1. The molecule has 0 atom stereocenters. The molecule has 20 heavy (non-hydrogen) atoms. The van der Waals surface area contributed by atoms with E-state index in [0.29, 0.717) is 16.6 Å². The van der Waals surface area contributed by atoms with Crippen molar-refractivity contribution in [3.05, 3.63) is 63.9 Å². The molecule has 1 aliphatic heterocycles. The third-order valence-corrected chi connectivity index (χ3v) is 4.17. The van der Waals surface area contributed by atoms with Crippen LogP contribution in [0.25, 0.3) is 0 Å². The average Bonchev–Trinajstić information content (AvgIpc) is 2.88. The first-order valence-electron chi connectivity index (χ1n) is 6.48. The number of halogens is 2. The van der Waals surface area contributed by atoms with Crippen molar-refractivity contribution in [2.24, 2.45) is 0 Å². The Labute approximate surface area is 125 Å². The van der Waals surface area contributed by atoms with Crippen LogP contribution in [0.2, 0.25) is 0 Å². The molecule has 0 aromatic heterocycles. The summed E-state index contributed by atoms with van der Waals surface area (Å²) in [6.07, 6.45) is 0.947. The number of benzene rings is 2. The first-order chi connectivity index (χ1) is 9.66. The summed E-state index contributed by atoms with van der Waals surface area (Å²) in [4.78, 5) is 14.1. The van der Waals surface area contributed by atoms with Crippen LogP contribution in [-0.2, 0) is 17.6 Å². The van der Waals surface area contributed by atoms with E-state index >= 15 is 0 Å². The van der Waals surface area contributed by atoms with Gasteiger partial charge in [-0.2, -0.15) is 0 Å². The summed E-state index contributed by atoms with van der Waals surface area (Å²) in [7, 11) is 0. The number of hydrogen-bond acceptors (Lipinski definition) is 1.